The van der Waals surface area contributed by atoms with Crippen LogP contribution in [0.4, 0.5) is 4.39 Å². The molecule has 0 radical (unpaired) electrons. The van der Waals surface area contributed by atoms with E-state index in [1.165, 1.54) is 23.3 Å². The minimum absolute atomic E-state index is 0. The molecule has 0 saturated carbocycles. The van der Waals surface area contributed by atoms with Crippen LogP contribution in [0, 0.1) is 12.7 Å². The largest absolute Gasteiger partial charge is 0.489 e. The molecular formula is C19H26FIN4O. The number of nitrogens with zero attached hydrogens (tertiary/aromatic N) is 2. The van der Waals surface area contributed by atoms with Crippen molar-refractivity contribution in [2.24, 2.45) is 4.99 Å². The van der Waals surface area contributed by atoms with Gasteiger partial charge in [0.2, 0.25) is 0 Å². The molecule has 1 heterocycles. The maximum Gasteiger partial charge on any atom is 0.191 e. The Bertz CT molecular complexity index is 711. The van der Waals surface area contributed by atoms with Gasteiger partial charge in [0.1, 0.15) is 17.7 Å². The number of ether oxygens (including phenoxy) is 1. The van der Waals surface area contributed by atoms with E-state index in [4.69, 9.17) is 4.74 Å². The van der Waals surface area contributed by atoms with Crippen LogP contribution in [0.15, 0.2) is 47.7 Å². The standard InChI is InChI=1S/C19H25FN4O.HI/c1-14-12-22-9-7-16(14)8-10-23-19(21-3)24-13-15(2)25-18-6-4-5-17(20)11-18;/h4-7,9,11-12,15H,8,10,13H2,1-3H3,(H2,21,23,24);1H. The van der Waals surface area contributed by atoms with Gasteiger partial charge < -0.3 is 15.4 Å². The summed E-state index contributed by atoms with van der Waals surface area (Å²) < 4.78 is 18.9. The van der Waals surface area contributed by atoms with Crippen LogP contribution < -0.4 is 15.4 Å². The Labute approximate surface area is 171 Å². The number of aryl methyl sites for hydroxylation is 1. The second-order valence-electron chi connectivity index (χ2n) is 5.82. The third-order valence-electron chi connectivity index (χ3n) is 3.74. The average molecular weight is 472 g/mol. The van der Waals surface area contributed by atoms with Crippen LogP contribution in [0.25, 0.3) is 0 Å². The molecule has 0 amide bonds. The van der Waals surface area contributed by atoms with Gasteiger partial charge in [0, 0.05) is 32.1 Å². The Morgan fingerprint density at radius 1 is 1.31 bits per heavy atom. The fourth-order valence-corrected chi connectivity index (χ4v) is 2.37. The Morgan fingerprint density at radius 2 is 2.12 bits per heavy atom. The van der Waals surface area contributed by atoms with Crippen molar-refractivity contribution in [2.45, 2.75) is 26.4 Å². The van der Waals surface area contributed by atoms with Crippen molar-refractivity contribution >= 4 is 29.9 Å². The third kappa shape index (κ3) is 7.55. The molecule has 1 aromatic carbocycles. The molecule has 0 aliphatic heterocycles. The molecule has 0 aliphatic carbocycles. The van der Waals surface area contributed by atoms with Crippen LogP contribution in [0.1, 0.15) is 18.1 Å². The number of halogens is 2. The van der Waals surface area contributed by atoms with Gasteiger partial charge in [-0.1, -0.05) is 6.07 Å². The van der Waals surface area contributed by atoms with Crippen LogP contribution in [0.3, 0.4) is 0 Å². The molecule has 1 aromatic heterocycles. The summed E-state index contributed by atoms with van der Waals surface area (Å²) in [6, 6.07) is 8.17. The highest BCUT2D eigenvalue weighted by Crippen LogP contribution is 2.13. The monoisotopic (exact) mass is 472 g/mol. The fraction of sp³-hybridized carbons (Fsp3) is 0.368. The second kappa shape index (κ2) is 11.7. The van der Waals surface area contributed by atoms with Gasteiger partial charge in [0.05, 0.1) is 6.54 Å². The molecule has 0 fully saturated rings. The molecule has 2 rings (SSSR count). The lowest BCUT2D eigenvalue weighted by Gasteiger charge is -2.18. The Morgan fingerprint density at radius 3 is 2.81 bits per heavy atom. The summed E-state index contributed by atoms with van der Waals surface area (Å²) in [5, 5.41) is 6.49. The second-order valence-corrected chi connectivity index (χ2v) is 5.82. The predicted octanol–water partition coefficient (Wildman–Crippen LogP) is 3.32. The van der Waals surface area contributed by atoms with Crippen LogP contribution in [-0.2, 0) is 6.42 Å². The molecule has 1 unspecified atom stereocenters. The van der Waals surface area contributed by atoms with Crippen LogP contribution >= 0.6 is 24.0 Å². The first kappa shape index (κ1) is 22.1. The fourth-order valence-electron chi connectivity index (χ4n) is 2.37. The zero-order chi connectivity index (χ0) is 18.1. The smallest absolute Gasteiger partial charge is 0.191 e. The maximum absolute atomic E-state index is 13.2. The molecule has 0 saturated heterocycles. The number of benzene rings is 1. The first-order valence-electron chi connectivity index (χ1n) is 8.34. The molecule has 7 heteroatoms. The average Bonchev–Trinajstić information content (AvgIpc) is 2.59. The summed E-state index contributed by atoms with van der Waals surface area (Å²) in [7, 11) is 1.73. The zero-order valence-electron chi connectivity index (χ0n) is 15.3. The topological polar surface area (TPSA) is 58.5 Å². The maximum atomic E-state index is 13.2. The van der Waals surface area contributed by atoms with E-state index < -0.39 is 0 Å². The Balaban J connectivity index is 0.00000338. The van der Waals surface area contributed by atoms with Crippen LogP contribution in [0.5, 0.6) is 5.75 Å². The first-order chi connectivity index (χ1) is 12.1. The van der Waals surface area contributed by atoms with Crippen molar-refractivity contribution in [1.29, 1.82) is 0 Å². The number of rotatable bonds is 7. The molecule has 1 atom stereocenters. The van der Waals surface area contributed by atoms with Gasteiger partial charge in [-0.3, -0.25) is 9.98 Å². The highest BCUT2D eigenvalue weighted by atomic mass is 127. The number of guanidine groups is 1. The van der Waals surface area contributed by atoms with E-state index in [0.29, 0.717) is 18.3 Å². The molecule has 0 aliphatic rings. The van der Waals surface area contributed by atoms with E-state index in [9.17, 15) is 4.39 Å². The van der Waals surface area contributed by atoms with Crippen molar-refractivity contribution in [2.75, 3.05) is 20.1 Å². The normalized spacial score (nSPS) is 12.1. The van der Waals surface area contributed by atoms with E-state index in [2.05, 4.69) is 27.5 Å². The van der Waals surface area contributed by atoms with E-state index in [1.807, 2.05) is 19.2 Å². The van der Waals surface area contributed by atoms with E-state index in [-0.39, 0.29) is 35.9 Å². The molecule has 2 aromatic rings. The Kier molecular flexibility index (Phi) is 9.93. The van der Waals surface area contributed by atoms with Crippen molar-refractivity contribution in [1.82, 2.24) is 15.6 Å². The molecule has 2 N–H and O–H groups in total. The predicted molar refractivity (Wildman–Crippen MR) is 114 cm³/mol. The van der Waals surface area contributed by atoms with Gasteiger partial charge in [0.15, 0.2) is 5.96 Å². The summed E-state index contributed by atoms with van der Waals surface area (Å²) in [4.78, 5) is 8.30. The zero-order valence-corrected chi connectivity index (χ0v) is 17.7. The third-order valence-corrected chi connectivity index (χ3v) is 3.74. The van der Waals surface area contributed by atoms with Gasteiger partial charge in [-0.25, -0.2) is 4.39 Å². The van der Waals surface area contributed by atoms with Crippen LogP contribution in [0.2, 0.25) is 0 Å². The quantitative estimate of drug-likeness (QED) is 0.369. The number of nitrogens with one attached hydrogen (secondary N) is 2. The van der Waals surface area contributed by atoms with E-state index in [0.717, 1.165) is 13.0 Å². The molecule has 5 nitrogen and oxygen atoms in total. The summed E-state index contributed by atoms with van der Waals surface area (Å²) in [5.74, 6) is 0.924. The minimum Gasteiger partial charge on any atom is -0.489 e. The lowest BCUT2D eigenvalue weighted by Crippen LogP contribution is -2.42. The Hall–Kier alpha value is -1.90. The number of hydrogen-bond acceptors (Lipinski definition) is 3. The summed E-state index contributed by atoms with van der Waals surface area (Å²) in [6.45, 7) is 5.31. The van der Waals surface area contributed by atoms with Crippen molar-refractivity contribution in [3.8, 4) is 5.75 Å². The van der Waals surface area contributed by atoms with Gasteiger partial charge in [-0.2, -0.15) is 0 Å². The number of hydrogen-bond donors (Lipinski definition) is 2. The lowest BCUT2D eigenvalue weighted by atomic mass is 10.1. The summed E-state index contributed by atoms with van der Waals surface area (Å²) in [6.07, 6.45) is 4.45. The van der Waals surface area contributed by atoms with Gasteiger partial charge in [0.25, 0.3) is 0 Å². The molecule has 0 spiro atoms. The number of pyridine rings is 1. The molecule has 26 heavy (non-hydrogen) atoms. The molecule has 142 valence electrons. The highest BCUT2D eigenvalue weighted by Gasteiger charge is 2.06. The van der Waals surface area contributed by atoms with Crippen molar-refractivity contribution in [3.05, 3.63) is 59.7 Å². The van der Waals surface area contributed by atoms with Gasteiger partial charge >= 0.3 is 0 Å². The first-order valence-corrected chi connectivity index (χ1v) is 8.34. The SMILES string of the molecule is CN=C(NCCc1ccncc1C)NCC(C)Oc1cccc(F)c1.I. The van der Waals surface area contributed by atoms with Crippen molar-refractivity contribution < 1.29 is 9.13 Å². The summed E-state index contributed by atoms with van der Waals surface area (Å²) >= 11 is 0. The summed E-state index contributed by atoms with van der Waals surface area (Å²) in [5.41, 5.74) is 2.45. The number of aliphatic imine (C=N–C) groups is 1. The molecule has 0 bridgehead atoms. The van der Waals surface area contributed by atoms with Crippen LogP contribution in [-0.4, -0.2) is 37.2 Å². The van der Waals surface area contributed by atoms with Gasteiger partial charge in [-0.05, 0) is 49.6 Å². The lowest BCUT2D eigenvalue weighted by molar-refractivity contribution is 0.223. The van der Waals surface area contributed by atoms with E-state index in [1.54, 1.807) is 25.4 Å². The van der Waals surface area contributed by atoms with Gasteiger partial charge in [-0.15, -0.1) is 24.0 Å². The minimum atomic E-state index is -0.304. The highest BCUT2D eigenvalue weighted by molar-refractivity contribution is 14.0. The number of aromatic nitrogens is 1. The van der Waals surface area contributed by atoms with E-state index >= 15 is 0 Å². The van der Waals surface area contributed by atoms with Crippen molar-refractivity contribution in [3.63, 3.8) is 0 Å². The molecular weight excluding hydrogens is 446 g/mol.